The summed E-state index contributed by atoms with van der Waals surface area (Å²) in [4.78, 5) is 24.4. The Morgan fingerprint density at radius 1 is 1.30 bits per heavy atom. The summed E-state index contributed by atoms with van der Waals surface area (Å²) in [5.41, 5.74) is 0.637. The zero-order valence-corrected chi connectivity index (χ0v) is 11.6. The van der Waals surface area contributed by atoms with E-state index in [2.05, 4.69) is 5.32 Å². The lowest BCUT2D eigenvalue weighted by atomic mass is 9.99. The lowest BCUT2D eigenvalue weighted by molar-refractivity contribution is -0.138. The number of benzene rings is 1. The molecule has 0 saturated heterocycles. The second kappa shape index (κ2) is 7.49. The molecule has 2 unspecified atom stereocenters. The molecule has 0 fully saturated rings. The standard InChI is InChI=1S/C14H20N2O4/c1-10(9-17)16(2)14(20)15-8-12(13(18)19)11-6-4-3-5-7-11/h3-7,10,12,17H,8-9H2,1-2H3,(H,15,20)(H,18,19). The molecule has 0 spiro atoms. The fourth-order valence-electron chi connectivity index (χ4n) is 1.67. The molecule has 6 nitrogen and oxygen atoms in total. The summed E-state index contributed by atoms with van der Waals surface area (Å²) in [7, 11) is 1.55. The molecular weight excluding hydrogens is 260 g/mol. The van der Waals surface area contributed by atoms with Crippen LogP contribution in [0.2, 0.25) is 0 Å². The number of carbonyl (C=O) groups is 2. The Morgan fingerprint density at radius 2 is 1.90 bits per heavy atom. The van der Waals surface area contributed by atoms with Gasteiger partial charge in [-0.25, -0.2) is 4.79 Å². The molecule has 0 bridgehead atoms. The van der Waals surface area contributed by atoms with E-state index in [0.29, 0.717) is 5.56 Å². The Morgan fingerprint density at radius 3 is 2.40 bits per heavy atom. The lowest BCUT2D eigenvalue weighted by Gasteiger charge is -2.24. The third kappa shape index (κ3) is 4.24. The number of aliphatic carboxylic acids is 1. The number of carbonyl (C=O) groups excluding carboxylic acids is 1. The van der Waals surface area contributed by atoms with Crippen molar-refractivity contribution in [2.24, 2.45) is 0 Å². The lowest BCUT2D eigenvalue weighted by Crippen LogP contribution is -2.45. The molecule has 0 aliphatic rings. The maximum Gasteiger partial charge on any atom is 0.317 e. The average molecular weight is 280 g/mol. The monoisotopic (exact) mass is 280 g/mol. The van der Waals surface area contributed by atoms with Crippen LogP contribution >= 0.6 is 0 Å². The van der Waals surface area contributed by atoms with Gasteiger partial charge in [-0.05, 0) is 12.5 Å². The number of rotatable bonds is 6. The zero-order valence-electron chi connectivity index (χ0n) is 11.6. The van der Waals surface area contributed by atoms with Crippen molar-refractivity contribution in [2.45, 2.75) is 18.9 Å². The van der Waals surface area contributed by atoms with Gasteiger partial charge in [0.15, 0.2) is 0 Å². The molecule has 1 rings (SSSR count). The Kier molecular flexibility index (Phi) is 5.99. The van der Waals surface area contributed by atoms with Gasteiger partial charge in [0.2, 0.25) is 0 Å². The number of nitrogens with zero attached hydrogens (tertiary/aromatic N) is 1. The first-order valence-corrected chi connectivity index (χ1v) is 6.36. The second-order valence-corrected chi connectivity index (χ2v) is 4.63. The van der Waals surface area contributed by atoms with Crippen LogP contribution in [-0.2, 0) is 4.79 Å². The van der Waals surface area contributed by atoms with E-state index in [1.54, 1.807) is 44.3 Å². The number of amides is 2. The summed E-state index contributed by atoms with van der Waals surface area (Å²) in [6.45, 7) is 1.55. The van der Waals surface area contributed by atoms with E-state index in [1.165, 1.54) is 4.90 Å². The van der Waals surface area contributed by atoms with E-state index in [9.17, 15) is 14.7 Å². The molecule has 2 atom stereocenters. The number of aliphatic hydroxyl groups excluding tert-OH is 1. The van der Waals surface area contributed by atoms with Crippen molar-refractivity contribution in [3.05, 3.63) is 35.9 Å². The van der Waals surface area contributed by atoms with Gasteiger partial charge in [0.25, 0.3) is 0 Å². The molecule has 0 aliphatic heterocycles. The SMILES string of the molecule is CC(CO)N(C)C(=O)NCC(C(=O)O)c1ccccc1. The first-order valence-electron chi connectivity index (χ1n) is 6.36. The van der Waals surface area contributed by atoms with Gasteiger partial charge < -0.3 is 20.4 Å². The number of likely N-dealkylation sites (N-methyl/N-ethyl adjacent to an activating group) is 1. The summed E-state index contributed by atoms with van der Waals surface area (Å²) >= 11 is 0. The minimum Gasteiger partial charge on any atom is -0.481 e. The minimum atomic E-state index is -0.991. The molecule has 20 heavy (non-hydrogen) atoms. The molecule has 0 radical (unpaired) electrons. The molecule has 0 aliphatic carbocycles. The summed E-state index contributed by atoms with van der Waals surface area (Å²) < 4.78 is 0. The van der Waals surface area contributed by atoms with Crippen LogP contribution in [0.3, 0.4) is 0 Å². The average Bonchev–Trinajstić information content (AvgIpc) is 2.46. The van der Waals surface area contributed by atoms with Crippen LogP contribution in [0.1, 0.15) is 18.4 Å². The molecule has 3 N–H and O–H groups in total. The molecule has 6 heteroatoms. The highest BCUT2D eigenvalue weighted by Gasteiger charge is 2.22. The predicted octanol–water partition coefficient (Wildman–Crippen LogP) is 0.877. The highest BCUT2D eigenvalue weighted by molar-refractivity contribution is 5.79. The summed E-state index contributed by atoms with van der Waals surface area (Å²) in [5, 5.41) is 20.8. The zero-order chi connectivity index (χ0) is 15.1. The Hall–Kier alpha value is -2.08. The van der Waals surface area contributed by atoms with Crippen molar-refractivity contribution in [3.8, 4) is 0 Å². The minimum absolute atomic E-state index is 0.000663. The van der Waals surface area contributed by atoms with Crippen LogP contribution in [-0.4, -0.2) is 53.4 Å². The molecule has 1 aromatic carbocycles. The van der Waals surface area contributed by atoms with Crippen LogP contribution in [0.15, 0.2) is 30.3 Å². The van der Waals surface area contributed by atoms with Crippen molar-refractivity contribution in [3.63, 3.8) is 0 Å². The van der Waals surface area contributed by atoms with Crippen LogP contribution < -0.4 is 5.32 Å². The van der Waals surface area contributed by atoms with E-state index in [4.69, 9.17) is 5.11 Å². The normalized spacial score (nSPS) is 13.3. The van der Waals surface area contributed by atoms with Gasteiger partial charge in [-0.15, -0.1) is 0 Å². The number of aliphatic hydroxyl groups is 1. The number of hydrogen-bond acceptors (Lipinski definition) is 3. The quantitative estimate of drug-likeness (QED) is 0.721. The van der Waals surface area contributed by atoms with Gasteiger partial charge in [0.1, 0.15) is 0 Å². The fourth-order valence-corrected chi connectivity index (χ4v) is 1.67. The Balaban J connectivity index is 2.65. The number of urea groups is 1. The summed E-state index contributed by atoms with van der Waals surface area (Å²) in [6.07, 6.45) is 0. The van der Waals surface area contributed by atoms with Gasteiger partial charge >= 0.3 is 12.0 Å². The molecule has 1 aromatic rings. The molecule has 110 valence electrons. The van der Waals surface area contributed by atoms with Crippen molar-refractivity contribution < 1.29 is 19.8 Å². The Bertz CT molecular complexity index is 450. The van der Waals surface area contributed by atoms with E-state index in [-0.39, 0.29) is 19.2 Å². The molecule has 0 saturated carbocycles. The smallest absolute Gasteiger partial charge is 0.317 e. The fraction of sp³-hybridized carbons (Fsp3) is 0.429. The van der Waals surface area contributed by atoms with Crippen LogP contribution in [0.25, 0.3) is 0 Å². The number of carboxylic acids is 1. The van der Waals surface area contributed by atoms with E-state index in [1.807, 2.05) is 0 Å². The first kappa shape index (κ1) is 16.0. The van der Waals surface area contributed by atoms with E-state index >= 15 is 0 Å². The number of carboxylic acid groups (broad SMARTS) is 1. The molecule has 0 aromatic heterocycles. The first-order chi connectivity index (χ1) is 9.47. The highest BCUT2D eigenvalue weighted by atomic mass is 16.4. The maximum atomic E-state index is 11.8. The molecular formula is C14H20N2O4. The number of hydrogen-bond donors (Lipinski definition) is 3. The van der Waals surface area contributed by atoms with Gasteiger partial charge in [0, 0.05) is 13.6 Å². The largest absolute Gasteiger partial charge is 0.481 e. The summed E-state index contributed by atoms with van der Waals surface area (Å²) in [5.74, 6) is -1.78. The van der Waals surface area contributed by atoms with Gasteiger partial charge in [0.05, 0.1) is 18.6 Å². The second-order valence-electron chi connectivity index (χ2n) is 4.63. The van der Waals surface area contributed by atoms with Gasteiger partial charge in [-0.1, -0.05) is 30.3 Å². The third-order valence-corrected chi connectivity index (χ3v) is 3.20. The van der Waals surface area contributed by atoms with E-state index in [0.717, 1.165) is 0 Å². The summed E-state index contributed by atoms with van der Waals surface area (Å²) in [6, 6.07) is 8.01. The van der Waals surface area contributed by atoms with Crippen molar-refractivity contribution in [1.82, 2.24) is 10.2 Å². The molecule has 2 amide bonds. The molecule has 0 heterocycles. The topological polar surface area (TPSA) is 89.9 Å². The van der Waals surface area contributed by atoms with E-state index < -0.39 is 17.9 Å². The highest BCUT2D eigenvalue weighted by Crippen LogP contribution is 2.14. The van der Waals surface area contributed by atoms with Crippen LogP contribution in [0.5, 0.6) is 0 Å². The van der Waals surface area contributed by atoms with Crippen molar-refractivity contribution in [2.75, 3.05) is 20.2 Å². The third-order valence-electron chi connectivity index (χ3n) is 3.20. The van der Waals surface area contributed by atoms with Crippen LogP contribution in [0, 0.1) is 0 Å². The van der Waals surface area contributed by atoms with Crippen molar-refractivity contribution in [1.29, 1.82) is 0 Å². The van der Waals surface area contributed by atoms with Gasteiger partial charge in [-0.2, -0.15) is 0 Å². The Labute approximate surface area is 118 Å². The number of nitrogens with one attached hydrogen (secondary N) is 1. The van der Waals surface area contributed by atoms with Crippen LogP contribution in [0.4, 0.5) is 4.79 Å². The van der Waals surface area contributed by atoms with Gasteiger partial charge in [-0.3, -0.25) is 4.79 Å². The van der Waals surface area contributed by atoms with Crippen molar-refractivity contribution >= 4 is 12.0 Å². The maximum absolute atomic E-state index is 11.8. The predicted molar refractivity (Wildman–Crippen MR) is 74.5 cm³/mol.